The molecule has 10 heteroatoms. The van der Waals surface area contributed by atoms with Crippen LogP contribution < -0.4 is 9.80 Å². The Kier molecular flexibility index (Phi) is 5.43. The fraction of sp³-hybridized carbons (Fsp3) is 0.381. The molecule has 0 radical (unpaired) electrons. The fourth-order valence-electron chi connectivity index (χ4n) is 3.97. The first-order chi connectivity index (χ1) is 15.1. The molecule has 0 saturated carbocycles. The van der Waals surface area contributed by atoms with E-state index < -0.39 is 10.0 Å². The number of fused-ring (bicyclic) bond motifs is 1. The Hall–Kier alpha value is -2.82. The highest BCUT2D eigenvalue weighted by atomic mass is 32.2. The lowest BCUT2D eigenvalue weighted by Gasteiger charge is -2.37. The number of nitrogens with zero attached hydrogens (tertiary/aromatic N) is 6. The normalized spacial score (nSPS) is 18.5. The van der Waals surface area contributed by atoms with Crippen LogP contribution in [0.5, 0.6) is 0 Å². The second-order valence-electron chi connectivity index (χ2n) is 7.54. The van der Waals surface area contributed by atoms with E-state index in [0.29, 0.717) is 39.4 Å². The van der Waals surface area contributed by atoms with Gasteiger partial charge in [0.1, 0.15) is 4.90 Å². The summed E-state index contributed by atoms with van der Waals surface area (Å²) in [5, 5.41) is 0. The van der Waals surface area contributed by atoms with Gasteiger partial charge in [0.15, 0.2) is 11.6 Å². The van der Waals surface area contributed by atoms with Crippen molar-refractivity contribution in [2.24, 2.45) is 0 Å². The Labute approximate surface area is 181 Å². The summed E-state index contributed by atoms with van der Waals surface area (Å²) >= 11 is 0. The molecule has 31 heavy (non-hydrogen) atoms. The summed E-state index contributed by atoms with van der Waals surface area (Å²) in [6.07, 6.45) is 2.97. The van der Waals surface area contributed by atoms with Gasteiger partial charge in [-0.3, -0.25) is 4.98 Å². The van der Waals surface area contributed by atoms with Crippen LogP contribution in [0.15, 0.2) is 53.7 Å². The zero-order valence-electron chi connectivity index (χ0n) is 17.1. The van der Waals surface area contributed by atoms with Gasteiger partial charge in [-0.15, -0.1) is 0 Å². The van der Waals surface area contributed by atoms with Crippen LogP contribution in [0.1, 0.15) is 0 Å². The van der Waals surface area contributed by atoms with E-state index in [1.165, 1.54) is 10.5 Å². The minimum atomic E-state index is -3.55. The molecule has 2 aromatic heterocycles. The van der Waals surface area contributed by atoms with Crippen LogP contribution in [0.4, 0.5) is 11.6 Å². The summed E-state index contributed by atoms with van der Waals surface area (Å²) in [5.74, 6) is 1.64. The molecule has 1 aromatic carbocycles. The highest BCUT2D eigenvalue weighted by Crippen LogP contribution is 2.30. The summed E-state index contributed by atoms with van der Waals surface area (Å²) in [6, 6.07) is 11.1. The summed E-state index contributed by atoms with van der Waals surface area (Å²) in [5.41, 5.74) is 1.69. The molecule has 5 rings (SSSR count). The third-order valence-corrected chi connectivity index (χ3v) is 7.54. The first kappa shape index (κ1) is 20.1. The molecule has 0 N–H and O–H groups in total. The maximum Gasteiger partial charge on any atom is 0.244 e. The lowest BCUT2D eigenvalue weighted by molar-refractivity contribution is 0.122. The van der Waals surface area contributed by atoms with Crippen molar-refractivity contribution in [3.63, 3.8) is 0 Å². The van der Waals surface area contributed by atoms with Crippen LogP contribution in [0, 0.1) is 0 Å². The maximum absolute atomic E-state index is 12.9. The number of anilines is 2. The van der Waals surface area contributed by atoms with E-state index in [1.54, 1.807) is 18.3 Å². The smallest absolute Gasteiger partial charge is 0.244 e. The Morgan fingerprint density at radius 2 is 1.39 bits per heavy atom. The highest BCUT2D eigenvalue weighted by molar-refractivity contribution is 7.89. The van der Waals surface area contributed by atoms with E-state index in [9.17, 15) is 8.42 Å². The monoisotopic (exact) mass is 440 g/mol. The molecule has 0 unspecified atom stereocenters. The predicted octanol–water partition coefficient (Wildman–Crippen LogP) is 1.37. The number of piperazine rings is 1. The van der Waals surface area contributed by atoms with E-state index in [4.69, 9.17) is 14.7 Å². The van der Waals surface area contributed by atoms with Gasteiger partial charge in [0.2, 0.25) is 10.0 Å². The highest BCUT2D eigenvalue weighted by Gasteiger charge is 2.31. The zero-order valence-corrected chi connectivity index (χ0v) is 17.9. The van der Waals surface area contributed by atoms with Crippen molar-refractivity contribution < 1.29 is 13.2 Å². The average Bonchev–Trinajstić information content (AvgIpc) is 2.84. The number of ether oxygens (including phenoxy) is 1. The van der Waals surface area contributed by atoms with Crippen LogP contribution in [-0.4, -0.2) is 80.2 Å². The van der Waals surface area contributed by atoms with E-state index in [2.05, 4.69) is 14.8 Å². The lowest BCUT2D eigenvalue weighted by Crippen LogP contribution is -2.49. The number of para-hydroxylation sites is 2. The van der Waals surface area contributed by atoms with Crippen molar-refractivity contribution in [1.82, 2.24) is 19.3 Å². The van der Waals surface area contributed by atoms with Gasteiger partial charge >= 0.3 is 0 Å². The standard InChI is InChI=1S/C21H24N6O3S/c28-31(29,17-4-3-7-22-16-17)27-10-8-25(9-11-27)20-21(26-12-14-30-15-13-26)24-19-6-2-1-5-18(19)23-20/h1-7,16H,8-15H2. The van der Waals surface area contributed by atoms with E-state index in [0.717, 1.165) is 35.8 Å². The Morgan fingerprint density at radius 1 is 0.774 bits per heavy atom. The minimum Gasteiger partial charge on any atom is -0.378 e. The number of aromatic nitrogens is 3. The van der Waals surface area contributed by atoms with Crippen molar-refractivity contribution in [3.8, 4) is 0 Å². The lowest BCUT2D eigenvalue weighted by atomic mass is 10.2. The quantitative estimate of drug-likeness (QED) is 0.601. The van der Waals surface area contributed by atoms with Gasteiger partial charge in [0, 0.05) is 51.7 Å². The van der Waals surface area contributed by atoms with Gasteiger partial charge in [0.25, 0.3) is 0 Å². The Balaban J connectivity index is 1.42. The fourth-order valence-corrected chi connectivity index (χ4v) is 5.36. The van der Waals surface area contributed by atoms with Crippen LogP contribution in [0.3, 0.4) is 0 Å². The average molecular weight is 441 g/mol. The van der Waals surface area contributed by atoms with Gasteiger partial charge in [0.05, 0.1) is 24.2 Å². The number of sulfonamides is 1. The third-order valence-electron chi connectivity index (χ3n) is 5.66. The first-order valence-electron chi connectivity index (χ1n) is 10.4. The molecule has 2 saturated heterocycles. The van der Waals surface area contributed by atoms with Crippen LogP contribution in [0.2, 0.25) is 0 Å². The zero-order chi connectivity index (χ0) is 21.3. The van der Waals surface area contributed by atoms with Crippen molar-refractivity contribution in [2.75, 3.05) is 62.3 Å². The molecule has 0 atom stereocenters. The molecule has 9 nitrogen and oxygen atoms in total. The van der Waals surface area contributed by atoms with Gasteiger partial charge in [-0.1, -0.05) is 12.1 Å². The van der Waals surface area contributed by atoms with Crippen molar-refractivity contribution >= 4 is 32.7 Å². The maximum atomic E-state index is 12.9. The third kappa shape index (κ3) is 3.93. The van der Waals surface area contributed by atoms with E-state index in [-0.39, 0.29) is 4.90 Å². The van der Waals surface area contributed by atoms with Crippen molar-refractivity contribution in [3.05, 3.63) is 48.8 Å². The van der Waals surface area contributed by atoms with Crippen LogP contribution in [-0.2, 0) is 14.8 Å². The van der Waals surface area contributed by atoms with Crippen LogP contribution >= 0.6 is 0 Å². The molecular formula is C21H24N6O3S. The van der Waals surface area contributed by atoms with E-state index >= 15 is 0 Å². The second-order valence-corrected chi connectivity index (χ2v) is 9.48. The molecule has 3 aromatic rings. The number of hydrogen-bond acceptors (Lipinski definition) is 8. The number of rotatable bonds is 4. The summed E-state index contributed by atoms with van der Waals surface area (Å²) in [6.45, 7) is 4.69. The number of benzene rings is 1. The summed E-state index contributed by atoms with van der Waals surface area (Å²) in [7, 11) is -3.55. The molecule has 162 valence electrons. The van der Waals surface area contributed by atoms with E-state index in [1.807, 2.05) is 24.3 Å². The molecule has 0 aliphatic carbocycles. The molecule has 0 spiro atoms. The Morgan fingerprint density at radius 3 is 1.97 bits per heavy atom. The second kappa shape index (κ2) is 8.37. The molecule has 4 heterocycles. The largest absolute Gasteiger partial charge is 0.378 e. The summed E-state index contributed by atoms with van der Waals surface area (Å²) < 4.78 is 32.9. The van der Waals surface area contributed by atoms with Crippen molar-refractivity contribution in [2.45, 2.75) is 4.90 Å². The number of morpholine rings is 1. The topological polar surface area (TPSA) is 91.8 Å². The van der Waals surface area contributed by atoms with Gasteiger partial charge in [-0.05, 0) is 24.3 Å². The van der Waals surface area contributed by atoms with Gasteiger partial charge in [-0.2, -0.15) is 4.31 Å². The van der Waals surface area contributed by atoms with Crippen molar-refractivity contribution in [1.29, 1.82) is 0 Å². The van der Waals surface area contributed by atoms with Gasteiger partial charge in [-0.25, -0.2) is 18.4 Å². The molecular weight excluding hydrogens is 416 g/mol. The first-order valence-corrected chi connectivity index (χ1v) is 11.8. The van der Waals surface area contributed by atoms with Gasteiger partial charge < -0.3 is 14.5 Å². The molecule has 2 fully saturated rings. The predicted molar refractivity (Wildman–Crippen MR) is 118 cm³/mol. The molecule has 2 aliphatic heterocycles. The molecule has 2 aliphatic rings. The Bertz CT molecular complexity index is 1160. The number of pyridine rings is 1. The minimum absolute atomic E-state index is 0.225. The molecule has 0 bridgehead atoms. The number of hydrogen-bond donors (Lipinski definition) is 0. The summed E-state index contributed by atoms with van der Waals surface area (Å²) in [4.78, 5) is 18.4. The SMILES string of the molecule is O=S(=O)(c1cccnc1)N1CCN(c2nc3ccccc3nc2N2CCOCC2)CC1. The van der Waals surface area contributed by atoms with Crippen LogP contribution in [0.25, 0.3) is 11.0 Å². The molecule has 0 amide bonds.